The van der Waals surface area contributed by atoms with Gasteiger partial charge in [0, 0.05) is 12.6 Å². The lowest BCUT2D eigenvalue weighted by Gasteiger charge is -2.15. The third-order valence-electron chi connectivity index (χ3n) is 3.36. The number of para-hydroxylation sites is 1. The summed E-state index contributed by atoms with van der Waals surface area (Å²) >= 11 is 0. The zero-order valence-electron chi connectivity index (χ0n) is 13.2. The molecule has 4 nitrogen and oxygen atoms in total. The SMILES string of the molecule is COc1ccccc1CCNC(=O)C(C)Oc1cccc(F)c1. The van der Waals surface area contributed by atoms with Crippen molar-refractivity contribution in [1.82, 2.24) is 5.32 Å². The number of halogens is 1. The molecule has 0 saturated carbocycles. The van der Waals surface area contributed by atoms with E-state index < -0.39 is 11.9 Å². The Labute approximate surface area is 135 Å². The summed E-state index contributed by atoms with van der Waals surface area (Å²) in [4.78, 5) is 12.0. The van der Waals surface area contributed by atoms with Gasteiger partial charge in [0.25, 0.3) is 5.91 Å². The van der Waals surface area contributed by atoms with Crippen molar-refractivity contribution in [3.8, 4) is 11.5 Å². The van der Waals surface area contributed by atoms with Crippen LogP contribution in [0.4, 0.5) is 4.39 Å². The lowest BCUT2D eigenvalue weighted by atomic mass is 10.1. The number of carbonyl (C=O) groups is 1. The van der Waals surface area contributed by atoms with E-state index >= 15 is 0 Å². The number of nitrogens with one attached hydrogen (secondary N) is 1. The van der Waals surface area contributed by atoms with E-state index in [9.17, 15) is 9.18 Å². The summed E-state index contributed by atoms with van der Waals surface area (Å²) in [5.41, 5.74) is 1.02. The third kappa shape index (κ3) is 4.98. The van der Waals surface area contributed by atoms with Crippen LogP contribution in [0, 0.1) is 5.82 Å². The highest BCUT2D eigenvalue weighted by molar-refractivity contribution is 5.80. The highest BCUT2D eigenvalue weighted by atomic mass is 19.1. The molecular formula is C18H20FNO3. The molecule has 122 valence electrons. The molecule has 0 spiro atoms. The molecule has 2 aromatic carbocycles. The summed E-state index contributed by atoms with van der Waals surface area (Å²) in [6.07, 6.45) is -0.0444. The Balaban J connectivity index is 1.82. The molecule has 0 bridgehead atoms. The monoisotopic (exact) mass is 317 g/mol. The maximum absolute atomic E-state index is 13.1. The molecule has 2 rings (SSSR count). The predicted octanol–water partition coefficient (Wildman–Crippen LogP) is 2.96. The lowest BCUT2D eigenvalue weighted by molar-refractivity contribution is -0.127. The first-order chi connectivity index (χ1) is 11.1. The Morgan fingerprint density at radius 1 is 1.22 bits per heavy atom. The summed E-state index contributed by atoms with van der Waals surface area (Å²) in [5, 5.41) is 2.80. The van der Waals surface area contributed by atoms with Crippen LogP contribution in [-0.4, -0.2) is 25.7 Å². The van der Waals surface area contributed by atoms with E-state index in [1.165, 1.54) is 18.2 Å². The molecule has 0 saturated heterocycles. The van der Waals surface area contributed by atoms with Crippen molar-refractivity contribution >= 4 is 5.91 Å². The minimum atomic E-state index is -0.700. The molecule has 0 aliphatic rings. The van der Waals surface area contributed by atoms with Gasteiger partial charge in [0.1, 0.15) is 17.3 Å². The van der Waals surface area contributed by atoms with Crippen LogP contribution in [0.2, 0.25) is 0 Å². The highest BCUT2D eigenvalue weighted by Crippen LogP contribution is 2.17. The Kier molecular flexibility index (Phi) is 5.97. The van der Waals surface area contributed by atoms with Crippen LogP contribution < -0.4 is 14.8 Å². The van der Waals surface area contributed by atoms with E-state index in [4.69, 9.17) is 9.47 Å². The first-order valence-electron chi connectivity index (χ1n) is 7.42. The lowest BCUT2D eigenvalue weighted by Crippen LogP contribution is -2.37. The van der Waals surface area contributed by atoms with Crippen LogP contribution in [0.25, 0.3) is 0 Å². The molecule has 0 heterocycles. The quantitative estimate of drug-likeness (QED) is 0.854. The number of carbonyl (C=O) groups excluding carboxylic acids is 1. The van der Waals surface area contributed by atoms with Gasteiger partial charge in [0.2, 0.25) is 0 Å². The van der Waals surface area contributed by atoms with E-state index in [0.29, 0.717) is 18.7 Å². The average molecular weight is 317 g/mol. The highest BCUT2D eigenvalue weighted by Gasteiger charge is 2.14. The molecule has 1 amide bonds. The van der Waals surface area contributed by atoms with Crippen LogP contribution in [0.15, 0.2) is 48.5 Å². The van der Waals surface area contributed by atoms with Gasteiger partial charge in [-0.05, 0) is 37.1 Å². The fraction of sp³-hybridized carbons (Fsp3) is 0.278. The smallest absolute Gasteiger partial charge is 0.260 e. The Morgan fingerprint density at radius 2 is 2.00 bits per heavy atom. The molecule has 1 atom stereocenters. The van der Waals surface area contributed by atoms with E-state index in [0.717, 1.165) is 11.3 Å². The second-order valence-corrected chi connectivity index (χ2v) is 5.07. The first kappa shape index (κ1) is 16.8. The topological polar surface area (TPSA) is 47.6 Å². The molecule has 1 N–H and O–H groups in total. The van der Waals surface area contributed by atoms with E-state index in [1.807, 2.05) is 24.3 Å². The number of methoxy groups -OCH3 is 1. The van der Waals surface area contributed by atoms with E-state index in [-0.39, 0.29) is 5.91 Å². The molecule has 0 radical (unpaired) electrons. The molecule has 0 aromatic heterocycles. The standard InChI is InChI=1S/C18H20FNO3/c1-13(23-16-8-5-7-15(19)12-16)18(21)20-11-10-14-6-3-4-9-17(14)22-2/h3-9,12-13H,10-11H2,1-2H3,(H,20,21). The second-order valence-electron chi connectivity index (χ2n) is 5.07. The number of amides is 1. The van der Waals surface area contributed by atoms with Gasteiger partial charge in [0.05, 0.1) is 7.11 Å². The predicted molar refractivity (Wildman–Crippen MR) is 86.2 cm³/mol. The van der Waals surface area contributed by atoms with Gasteiger partial charge in [-0.15, -0.1) is 0 Å². The van der Waals surface area contributed by atoms with Gasteiger partial charge in [-0.3, -0.25) is 4.79 Å². The maximum atomic E-state index is 13.1. The van der Waals surface area contributed by atoms with Crippen LogP contribution in [-0.2, 0) is 11.2 Å². The fourth-order valence-corrected chi connectivity index (χ4v) is 2.17. The minimum absolute atomic E-state index is 0.246. The van der Waals surface area contributed by atoms with E-state index in [2.05, 4.69) is 5.32 Å². The first-order valence-corrected chi connectivity index (χ1v) is 7.42. The van der Waals surface area contributed by atoms with Crippen LogP contribution in [0.1, 0.15) is 12.5 Å². The Hall–Kier alpha value is -2.56. The van der Waals surface area contributed by atoms with Crippen LogP contribution in [0.5, 0.6) is 11.5 Å². The van der Waals surface area contributed by atoms with Gasteiger partial charge in [-0.2, -0.15) is 0 Å². The zero-order chi connectivity index (χ0) is 16.7. The summed E-state index contributed by atoms with van der Waals surface area (Å²) in [5.74, 6) is 0.485. The van der Waals surface area contributed by atoms with Crippen LogP contribution >= 0.6 is 0 Å². The van der Waals surface area contributed by atoms with Crippen molar-refractivity contribution in [3.63, 3.8) is 0 Å². The van der Waals surface area contributed by atoms with Crippen molar-refractivity contribution in [1.29, 1.82) is 0 Å². The van der Waals surface area contributed by atoms with Gasteiger partial charge in [0.15, 0.2) is 6.10 Å². The molecule has 5 heteroatoms. The van der Waals surface area contributed by atoms with Crippen molar-refractivity contribution < 1.29 is 18.7 Å². The second kappa shape index (κ2) is 8.17. The summed E-state index contributed by atoms with van der Waals surface area (Å²) in [6, 6.07) is 13.4. The molecule has 1 unspecified atom stereocenters. The number of hydrogen-bond acceptors (Lipinski definition) is 3. The Bertz CT molecular complexity index is 660. The number of benzene rings is 2. The molecule has 0 aliphatic heterocycles. The molecular weight excluding hydrogens is 297 g/mol. The van der Waals surface area contributed by atoms with Gasteiger partial charge < -0.3 is 14.8 Å². The van der Waals surface area contributed by atoms with E-state index in [1.54, 1.807) is 20.1 Å². The molecule has 23 heavy (non-hydrogen) atoms. The summed E-state index contributed by atoms with van der Waals surface area (Å²) in [6.45, 7) is 2.10. The maximum Gasteiger partial charge on any atom is 0.260 e. The largest absolute Gasteiger partial charge is 0.496 e. The molecule has 0 aliphatic carbocycles. The third-order valence-corrected chi connectivity index (χ3v) is 3.36. The average Bonchev–Trinajstić information content (AvgIpc) is 2.55. The van der Waals surface area contributed by atoms with Crippen LogP contribution in [0.3, 0.4) is 0 Å². The van der Waals surface area contributed by atoms with Crippen molar-refractivity contribution in [2.75, 3.05) is 13.7 Å². The van der Waals surface area contributed by atoms with Crippen molar-refractivity contribution in [2.24, 2.45) is 0 Å². The summed E-state index contributed by atoms with van der Waals surface area (Å²) in [7, 11) is 1.62. The number of ether oxygens (including phenoxy) is 2. The fourth-order valence-electron chi connectivity index (χ4n) is 2.17. The Morgan fingerprint density at radius 3 is 2.74 bits per heavy atom. The molecule has 0 fully saturated rings. The van der Waals surface area contributed by atoms with Gasteiger partial charge in [-0.25, -0.2) is 4.39 Å². The minimum Gasteiger partial charge on any atom is -0.496 e. The molecule has 2 aromatic rings. The zero-order valence-corrected chi connectivity index (χ0v) is 13.2. The number of rotatable bonds is 7. The van der Waals surface area contributed by atoms with Crippen molar-refractivity contribution in [2.45, 2.75) is 19.4 Å². The van der Waals surface area contributed by atoms with Crippen molar-refractivity contribution in [3.05, 3.63) is 59.9 Å². The van der Waals surface area contributed by atoms with Gasteiger partial charge in [-0.1, -0.05) is 24.3 Å². The van der Waals surface area contributed by atoms with Gasteiger partial charge >= 0.3 is 0 Å². The normalized spacial score (nSPS) is 11.6. The summed E-state index contributed by atoms with van der Waals surface area (Å²) < 4.78 is 23.8. The number of hydrogen-bond donors (Lipinski definition) is 1.